The van der Waals surface area contributed by atoms with E-state index in [1.165, 1.54) is 0 Å². The van der Waals surface area contributed by atoms with E-state index in [0.29, 0.717) is 52.1 Å². The molecule has 0 amide bonds. The molecule has 0 spiro atoms. The van der Waals surface area contributed by atoms with Gasteiger partial charge in [-0.25, -0.2) is 0 Å². The minimum atomic E-state index is -0.268. The number of hydrogen-bond donors (Lipinski definition) is 6. The van der Waals surface area contributed by atoms with Gasteiger partial charge in [0.15, 0.2) is 0 Å². The van der Waals surface area contributed by atoms with Crippen molar-refractivity contribution in [2.75, 3.05) is 52.4 Å². The van der Waals surface area contributed by atoms with Crippen molar-refractivity contribution in [3.8, 4) is 0 Å². The van der Waals surface area contributed by atoms with E-state index in [1.807, 2.05) is 0 Å². The molecule has 0 rings (SSSR count). The summed E-state index contributed by atoms with van der Waals surface area (Å²) >= 11 is 0. The molecule has 0 aromatic carbocycles. The van der Waals surface area contributed by atoms with Crippen molar-refractivity contribution in [1.29, 1.82) is 0 Å². The number of nitrogens with one attached hydrogen (secondary N) is 4. The van der Waals surface area contributed by atoms with E-state index in [1.54, 1.807) is 0 Å². The molecule has 0 saturated carbocycles. The molecule has 0 atom stereocenters. The average molecular weight is 377 g/mol. The number of hydroxylamine groups is 2. The molecule has 10 heteroatoms. The lowest BCUT2D eigenvalue weighted by molar-refractivity contribution is -0.152. The van der Waals surface area contributed by atoms with Crippen molar-refractivity contribution in [3.05, 3.63) is 0 Å². The van der Waals surface area contributed by atoms with Crippen molar-refractivity contribution in [2.24, 2.45) is 11.5 Å². The van der Waals surface area contributed by atoms with Crippen LogP contribution in [0.2, 0.25) is 0 Å². The Hall–Kier alpha value is -1.30. The average Bonchev–Trinajstić information content (AvgIpc) is 2.63. The smallest absolute Gasteiger partial charge is 0.324 e. The molecule has 10 nitrogen and oxygen atoms in total. The van der Waals surface area contributed by atoms with Gasteiger partial charge in [-0.1, -0.05) is 12.8 Å². The zero-order chi connectivity index (χ0) is 19.3. The molecule has 8 N–H and O–H groups in total. The van der Waals surface area contributed by atoms with Crippen LogP contribution in [0.4, 0.5) is 0 Å². The Morgan fingerprint density at radius 1 is 0.615 bits per heavy atom. The van der Waals surface area contributed by atoms with Crippen LogP contribution in [0.15, 0.2) is 0 Å². The highest BCUT2D eigenvalue weighted by Crippen LogP contribution is 2.06. The lowest BCUT2D eigenvalue weighted by Crippen LogP contribution is -2.32. The van der Waals surface area contributed by atoms with E-state index in [2.05, 4.69) is 21.6 Å². The zero-order valence-electron chi connectivity index (χ0n) is 15.7. The topological polar surface area (TPSA) is 153 Å². The second kappa shape index (κ2) is 20.0. The summed E-state index contributed by atoms with van der Waals surface area (Å²) in [5.74, 6) is -0.536. The fourth-order valence-corrected chi connectivity index (χ4v) is 1.99. The molecule has 0 unspecified atom stereocenters. The first-order valence-corrected chi connectivity index (χ1v) is 9.37. The van der Waals surface area contributed by atoms with Crippen LogP contribution >= 0.6 is 0 Å². The summed E-state index contributed by atoms with van der Waals surface area (Å²) in [6.07, 6.45) is 3.96. The molecule has 0 fully saturated rings. The van der Waals surface area contributed by atoms with Gasteiger partial charge in [0, 0.05) is 65.2 Å². The Morgan fingerprint density at radius 3 is 1.42 bits per heavy atom. The summed E-state index contributed by atoms with van der Waals surface area (Å²) < 4.78 is 0. The summed E-state index contributed by atoms with van der Waals surface area (Å²) in [4.78, 5) is 32.7. The van der Waals surface area contributed by atoms with E-state index in [9.17, 15) is 9.59 Å². The van der Waals surface area contributed by atoms with Gasteiger partial charge in [0.2, 0.25) is 0 Å². The normalized spacial score (nSPS) is 10.7. The molecule has 0 aromatic heterocycles. The number of rotatable bonds is 19. The third kappa shape index (κ3) is 19.0. The van der Waals surface area contributed by atoms with Gasteiger partial charge in [0.25, 0.3) is 0 Å². The summed E-state index contributed by atoms with van der Waals surface area (Å²) in [6.45, 7) is 5.13. The maximum absolute atomic E-state index is 11.5. The van der Waals surface area contributed by atoms with Crippen LogP contribution < -0.4 is 33.1 Å². The van der Waals surface area contributed by atoms with Crippen molar-refractivity contribution in [3.63, 3.8) is 0 Å². The van der Waals surface area contributed by atoms with Crippen LogP contribution in [0.5, 0.6) is 0 Å². The number of carbonyl (C=O) groups excluding carboxylic acids is 2. The highest BCUT2D eigenvalue weighted by atomic mass is 16.7. The van der Waals surface area contributed by atoms with Crippen molar-refractivity contribution < 1.29 is 19.3 Å². The minimum absolute atomic E-state index is 0.268. The maximum atomic E-state index is 11.5. The van der Waals surface area contributed by atoms with E-state index >= 15 is 0 Å². The Labute approximate surface area is 156 Å². The Bertz CT molecular complexity index is 315. The van der Waals surface area contributed by atoms with Gasteiger partial charge in [-0.3, -0.25) is 9.59 Å². The van der Waals surface area contributed by atoms with Crippen molar-refractivity contribution >= 4 is 11.9 Å². The second-order valence-corrected chi connectivity index (χ2v) is 5.73. The standard InChI is InChI=1S/C16H36N6O4/c17-7-9-19-11-13-21-25-15(23)5-3-1-2-4-6-16(24)26-22-14-12-20-10-8-18/h19-22H,1-14,17-18H2. The number of nitrogens with two attached hydrogens (primary N) is 2. The van der Waals surface area contributed by atoms with Gasteiger partial charge in [0.05, 0.1) is 0 Å². The van der Waals surface area contributed by atoms with E-state index in [4.69, 9.17) is 21.1 Å². The molecule has 26 heavy (non-hydrogen) atoms. The molecule has 0 bridgehead atoms. The van der Waals surface area contributed by atoms with Crippen LogP contribution in [-0.2, 0) is 19.3 Å². The summed E-state index contributed by atoms with van der Waals surface area (Å²) in [6, 6.07) is 0. The highest BCUT2D eigenvalue weighted by Gasteiger charge is 2.05. The van der Waals surface area contributed by atoms with Gasteiger partial charge in [-0.15, -0.1) is 0 Å². The summed E-state index contributed by atoms with van der Waals surface area (Å²) in [5, 5.41) is 6.16. The Kier molecular flexibility index (Phi) is 19.0. The molecule has 0 heterocycles. The Balaban J connectivity index is 3.28. The summed E-state index contributed by atoms with van der Waals surface area (Å²) in [7, 11) is 0. The largest absolute Gasteiger partial charge is 0.371 e. The first-order valence-electron chi connectivity index (χ1n) is 9.37. The van der Waals surface area contributed by atoms with Gasteiger partial charge in [-0.2, -0.15) is 11.0 Å². The lowest BCUT2D eigenvalue weighted by Gasteiger charge is -2.07. The van der Waals surface area contributed by atoms with E-state index in [0.717, 1.165) is 38.8 Å². The fraction of sp³-hybridized carbons (Fsp3) is 0.875. The van der Waals surface area contributed by atoms with Crippen LogP contribution in [0.25, 0.3) is 0 Å². The number of unbranched alkanes of at least 4 members (excludes halogenated alkanes) is 3. The lowest BCUT2D eigenvalue weighted by atomic mass is 10.1. The molecule has 0 aliphatic heterocycles. The molecular formula is C16H36N6O4. The van der Waals surface area contributed by atoms with Gasteiger partial charge in [-0.05, 0) is 12.8 Å². The first kappa shape index (κ1) is 24.7. The van der Waals surface area contributed by atoms with Crippen LogP contribution in [0.1, 0.15) is 38.5 Å². The van der Waals surface area contributed by atoms with Crippen LogP contribution in [0, 0.1) is 0 Å². The molecule has 0 saturated heterocycles. The third-order valence-electron chi connectivity index (χ3n) is 3.33. The number of carbonyl (C=O) groups is 2. The molecule has 0 aliphatic rings. The molecule has 0 aromatic rings. The number of hydrogen-bond acceptors (Lipinski definition) is 10. The fourth-order valence-electron chi connectivity index (χ4n) is 1.99. The van der Waals surface area contributed by atoms with Crippen molar-refractivity contribution in [2.45, 2.75) is 38.5 Å². The maximum Gasteiger partial charge on any atom is 0.324 e. The second-order valence-electron chi connectivity index (χ2n) is 5.73. The Morgan fingerprint density at radius 2 is 1.04 bits per heavy atom. The predicted molar refractivity (Wildman–Crippen MR) is 99.7 cm³/mol. The molecular weight excluding hydrogens is 340 g/mol. The van der Waals surface area contributed by atoms with E-state index < -0.39 is 0 Å². The van der Waals surface area contributed by atoms with Crippen LogP contribution in [-0.4, -0.2) is 64.3 Å². The van der Waals surface area contributed by atoms with E-state index in [-0.39, 0.29) is 11.9 Å². The van der Waals surface area contributed by atoms with Gasteiger partial charge in [0.1, 0.15) is 0 Å². The van der Waals surface area contributed by atoms with Gasteiger partial charge < -0.3 is 31.8 Å². The highest BCUT2D eigenvalue weighted by molar-refractivity contribution is 5.69. The van der Waals surface area contributed by atoms with Gasteiger partial charge >= 0.3 is 11.9 Å². The first-order chi connectivity index (χ1) is 12.7. The third-order valence-corrected chi connectivity index (χ3v) is 3.33. The zero-order valence-corrected chi connectivity index (χ0v) is 15.7. The minimum Gasteiger partial charge on any atom is -0.371 e. The molecule has 0 radical (unpaired) electrons. The molecule has 154 valence electrons. The van der Waals surface area contributed by atoms with Crippen LogP contribution in [0.3, 0.4) is 0 Å². The monoisotopic (exact) mass is 376 g/mol. The van der Waals surface area contributed by atoms with Crippen molar-refractivity contribution in [1.82, 2.24) is 21.6 Å². The molecule has 0 aliphatic carbocycles. The quantitative estimate of drug-likeness (QED) is 0.116. The predicted octanol–water partition coefficient (Wildman–Crippen LogP) is -1.48. The SMILES string of the molecule is NCCNCCNOC(=O)CCCCCCC(=O)ONCCNCCN. The summed E-state index contributed by atoms with van der Waals surface area (Å²) in [5.41, 5.74) is 15.9.